The molecule has 8 heteroatoms. The Kier molecular flexibility index (Phi) is 3.14. The highest BCUT2D eigenvalue weighted by molar-refractivity contribution is 5.45. The summed E-state index contributed by atoms with van der Waals surface area (Å²) < 4.78 is 69.6. The molecule has 1 atom stereocenters. The van der Waals surface area contributed by atoms with Gasteiger partial charge >= 0.3 is 6.18 Å². The molecule has 0 fully saturated rings. The van der Waals surface area contributed by atoms with Crippen molar-refractivity contribution in [3.8, 4) is 5.82 Å². The summed E-state index contributed by atoms with van der Waals surface area (Å²) in [5.41, 5.74) is -1.85. The van der Waals surface area contributed by atoms with Crippen LogP contribution in [-0.4, -0.2) is 20.2 Å². The number of hydrogen-bond acceptors (Lipinski definition) is 1. The minimum Gasteiger partial charge on any atom is -0.382 e. The first-order valence-corrected chi connectivity index (χ1v) is 6.62. The Labute approximate surface area is 122 Å². The lowest BCUT2D eigenvalue weighted by Gasteiger charge is -2.29. The van der Waals surface area contributed by atoms with Crippen molar-refractivity contribution in [1.29, 1.82) is 0 Å². The number of hydrogen-bond donors (Lipinski definition) is 1. The van der Waals surface area contributed by atoms with Gasteiger partial charge in [-0.05, 0) is 18.6 Å². The van der Waals surface area contributed by atoms with Crippen LogP contribution in [0.2, 0.25) is 0 Å². The molecule has 1 unspecified atom stereocenters. The van der Waals surface area contributed by atoms with Crippen LogP contribution in [0, 0.1) is 0 Å². The number of aryl methyl sites for hydroxylation is 1. The molecule has 0 aliphatic heterocycles. The van der Waals surface area contributed by atoms with E-state index in [0.717, 1.165) is 6.20 Å². The number of halogens is 5. The normalized spacial score (nSPS) is 21.0. The number of rotatable bonds is 1. The minimum atomic E-state index is -4.81. The first kappa shape index (κ1) is 15.1. The SMILES string of the molecule is Cn1cccc1-n1cc(C(F)(F)F)c2c1CCC(F)(F)C2O. The second kappa shape index (κ2) is 4.58. The summed E-state index contributed by atoms with van der Waals surface area (Å²) in [7, 11) is 1.64. The van der Waals surface area contributed by atoms with Gasteiger partial charge in [0.1, 0.15) is 11.9 Å². The van der Waals surface area contributed by atoms with E-state index in [9.17, 15) is 27.1 Å². The summed E-state index contributed by atoms with van der Waals surface area (Å²) in [6, 6.07) is 3.22. The molecule has 120 valence electrons. The summed E-state index contributed by atoms with van der Waals surface area (Å²) in [5.74, 6) is -3.14. The van der Waals surface area contributed by atoms with Crippen LogP contribution < -0.4 is 0 Å². The van der Waals surface area contributed by atoms with E-state index in [2.05, 4.69) is 0 Å². The topological polar surface area (TPSA) is 30.1 Å². The second-order valence-corrected chi connectivity index (χ2v) is 5.41. The van der Waals surface area contributed by atoms with Crippen LogP contribution in [0.25, 0.3) is 5.82 Å². The van der Waals surface area contributed by atoms with Gasteiger partial charge in [0.25, 0.3) is 5.92 Å². The molecule has 2 heterocycles. The Balaban J connectivity index is 2.27. The molecule has 2 aromatic rings. The molecule has 0 saturated heterocycles. The maximum absolute atomic E-state index is 13.6. The van der Waals surface area contributed by atoms with E-state index in [4.69, 9.17) is 0 Å². The van der Waals surface area contributed by atoms with Crippen LogP contribution in [0.1, 0.15) is 29.3 Å². The summed E-state index contributed by atoms with van der Waals surface area (Å²) in [6.45, 7) is 0. The Morgan fingerprint density at radius 3 is 2.55 bits per heavy atom. The maximum Gasteiger partial charge on any atom is 0.418 e. The molecule has 0 saturated carbocycles. The third-order valence-electron chi connectivity index (χ3n) is 3.99. The average molecular weight is 320 g/mol. The highest BCUT2D eigenvalue weighted by Gasteiger charge is 2.50. The minimum absolute atomic E-state index is 0.0764. The van der Waals surface area contributed by atoms with E-state index in [-0.39, 0.29) is 12.1 Å². The average Bonchev–Trinajstić information content (AvgIpc) is 2.97. The molecule has 0 bridgehead atoms. The van der Waals surface area contributed by atoms with E-state index < -0.39 is 35.8 Å². The predicted molar refractivity (Wildman–Crippen MR) is 68.0 cm³/mol. The molecule has 0 spiro atoms. The predicted octanol–water partition coefficient (Wildman–Crippen LogP) is 3.45. The number of aliphatic hydroxyl groups excluding tert-OH is 1. The Morgan fingerprint density at radius 1 is 1.32 bits per heavy atom. The fourth-order valence-electron chi connectivity index (χ4n) is 2.89. The molecule has 0 aromatic carbocycles. The van der Waals surface area contributed by atoms with Crippen molar-refractivity contribution < 1.29 is 27.1 Å². The zero-order valence-electron chi connectivity index (χ0n) is 11.5. The van der Waals surface area contributed by atoms with Crippen LogP contribution in [0.5, 0.6) is 0 Å². The van der Waals surface area contributed by atoms with Gasteiger partial charge in [-0.2, -0.15) is 13.2 Å². The van der Waals surface area contributed by atoms with Crippen LogP contribution in [0.15, 0.2) is 24.5 Å². The van der Waals surface area contributed by atoms with Gasteiger partial charge < -0.3 is 14.2 Å². The highest BCUT2D eigenvalue weighted by Crippen LogP contribution is 2.48. The third kappa shape index (κ3) is 2.13. The third-order valence-corrected chi connectivity index (χ3v) is 3.99. The fraction of sp³-hybridized carbons (Fsp3) is 0.429. The van der Waals surface area contributed by atoms with E-state index in [0.29, 0.717) is 5.82 Å². The maximum atomic E-state index is 13.6. The highest BCUT2D eigenvalue weighted by atomic mass is 19.4. The molecule has 1 aliphatic carbocycles. The van der Waals surface area contributed by atoms with E-state index >= 15 is 0 Å². The smallest absolute Gasteiger partial charge is 0.382 e. The number of fused-ring (bicyclic) bond motifs is 1. The van der Waals surface area contributed by atoms with Gasteiger partial charge in [-0.15, -0.1) is 0 Å². The first-order valence-electron chi connectivity index (χ1n) is 6.62. The zero-order chi connectivity index (χ0) is 16.3. The largest absolute Gasteiger partial charge is 0.418 e. The lowest BCUT2D eigenvalue weighted by atomic mass is 9.89. The van der Waals surface area contributed by atoms with Crippen LogP contribution in [0.3, 0.4) is 0 Å². The summed E-state index contributed by atoms with van der Waals surface area (Å²) >= 11 is 0. The van der Waals surface area contributed by atoms with Crippen molar-refractivity contribution in [2.45, 2.75) is 31.0 Å². The lowest BCUT2D eigenvalue weighted by molar-refractivity contribution is -0.147. The standard InChI is InChI=1S/C14H13F5N2O/c1-20-6-2-3-10(20)21-7-8(14(17,18)19)11-9(21)4-5-13(15,16)12(11)22/h2-3,6-7,12,22H,4-5H2,1H3. The van der Waals surface area contributed by atoms with Crippen molar-refractivity contribution in [3.63, 3.8) is 0 Å². The van der Waals surface area contributed by atoms with Gasteiger partial charge in [0.15, 0.2) is 0 Å². The molecular formula is C14H13F5N2O. The van der Waals surface area contributed by atoms with Crippen molar-refractivity contribution >= 4 is 0 Å². The van der Waals surface area contributed by atoms with Gasteiger partial charge in [0.05, 0.1) is 5.56 Å². The Bertz CT molecular complexity index is 713. The number of aliphatic hydroxyl groups is 1. The Morgan fingerprint density at radius 2 is 2.00 bits per heavy atom. The molecule has 22 heavy (non-hydrogen) atoms. The van der Waals surface area contributed by atoms with Crippen LogP contribution in [0.4, 0.5) is 22.0 Å². The molecule has 1 aliphatic rings. The van der Waals surface area contributed by atoms with Gasteiger partial charge in [0.2, 0.25) is 0 Å². The molecule has 0 radical (unpaired) electrons. The summed E-state index contributed by atoms with van der Waals surface area (Å²) in [5, 5.41) is 9.74. The summed E-state index contributed by atoms with van der Waals surface area (Å²) in [6.07, 6.45) is -5.76. The van der Waals surface area contributed by atoms with Gasteiger partial charge in [-0.3, -0.25) is 0 Å². The molecular weight excluding hydrogens is 307 g/mol. The van der Waals surface area contributed by atoms with E-state index in [1.54, 1.807) is 29.9 Å². The fourth-order valence-corrected chi connectivity index (χ4v) is 2.89. The van der Waals surface area contributed by atoms with Crippen molar-refractivity contribution in [2.24, 2.45) is 7.05 Å². The number of aromatic nitrogens is 2. The molecule has 1 N–H and O–H groups in total. The lowest BCUT2D eigenvalue weighted by Crippen LogP contribution is -2.33. The quantitative estimate of drug-likeness (QED) is 0.802. The Hall–Kier alpha value is -1.83. The molecule has 3 nitrogen and oxygen atoms in total. The first-order chi connectivity index (χ1) is 10.1. The summed E-state index contributed by atoms with van der Waals surface area (Å²) in [4.78, 5) is 0. The molecule has 2 aromatic heterocycles. The molecule has 3 rings (SSSR count). The number of alkyl halides is 5. The van der Waals surface area contributed by atoms with Crippen LogP contribution >= 0.6 is 0 Å². The van der Waals surface area contributed by atoms with E-state index in [1.165, 1.54) is 4.57 Å². The number of nitrogens with zero attached hydrogens (tertiary/aromatic N) is 2. The van der Waals surface area contributed by atoms with E-state index in [1.807, 2.05) is 0 Å². The van der Waals surface area contributed by atoms with Crippen molar-refractivity contribution in [1.82, 2.24) is 9.13 Å². The van der Waals surface area contributed by atoms with Crippen molar-refractivity contribution in [3.05, 3.63) is 41.3 Å². The van der Waals surface area contributed by atoms with Crippen molar-refractivity contribution in [2.75, 3.05) is 0 Å². The van der Waals surface area contributed by atoms with Gasteiger partial charge in [-0.1, -0.05) is 0 Å². The van der Waals surface area contributed by atoms with Gasteiger partial charge in [-0.25, -0.2) is 8.78 Å². The zero-order valence-corrected chi connectivity index (χ0v) is 11.5. The monoisotopic (exact) mass is 320 g/mol. The van der Waals surface area contributed by atoms with Gasteiger partial charge in [0, 0.05) is 37.1 Å². The second-order valence-electron chi connectivity index (χ2n) is 5.41. The molecule has 0 amide bonds. The van der Waals surface area contributed by atoms with Crippen LogP contribution in [-0.2, 0) is 19.6 Å².